The van der Waals surface area contributed by atoms with Gasteiger partial charge in [-0.2, -0.15) is 5.26 Å². The molecule has 0 aliphatic carbocycles. The summed E-state index contributed by atoms with van der Waals surface area (Å²) in [6, 6.07) is 17.3. The lowest BCUT2D eigenvalue weighted by Gasteiger charge is -2.07. The number of halogens is 3. The van der Waals surface area contributed by atoms with Crippen molar-refractivity contribution in [1.29, 1.82) is 5.26 Å². The Morgan fingerprint density at radius 3 is 2.48 bits per heavy atom. The largest absolute Gasteiger partial charge is 0.457 e. The first-order chi connectivity index (χ1) is 13.0. The molecule has 0 saturated carbocycles. The highest BCUT2D eigenvalue weighted by Gasteiger charge is 2.14. The second-order valence-electron chi connectivity index (χ2n) is 5.41. The highest BCUT2D eigenvalue weighted by molar-refractivity contribution is 6.44. The molecular weight excluding hydrogens is 407 g/mol. The minimum absolute atomic E-state index is 0.147. The first-order valence-electron chi connectivity index (χ1n) is 7.71. The van der Waals surface area contributed by atoms with E-state index >= 15 is 0 Å². The first-order valence-corrected chi connectivity index (χ1v) is 8.85. The van der Waals surface area contributed by atoms with E-state index in [-0.39, 0.29) is 10.6 Å². The summed E-state index contributed by atoms with van der Waals surface area (Å²) >= 11 is 18.1. The van der Waals surface area contributed by atoms with Crippen LogP contribution in [0.3, 0.4) is 0 Å². The van der Waals surface area contributed by atoms with Crippen molar-refractivity contribution in [2.24, 2.45) is 0 Å². The topological polar surface area (TPSA) is 66.0 Å². The zero-order valence-electron chi connectivity index (χ0n) is 13.7. The van der Waals surface area contributed by atoms with Gasteiger partial charge >= 0.3 is 0 Å². The Morgan fingerprint density at radius 1 is 1.00 bits per heavy atom. The Morgan fingerprint density at radius 2 is 1.74 bits per heavy atom. The van der Waals surface area contributed by atoms with Gasteiger partial charge in [0.15, 0.2) is 0 Å². The van der Waals surface area contributed by atoms with Gasteiger partial charge < -0.3 is 9.73 Å². The monoisotopic (exact) mass is 416 g/mol. The lowest BCUT2D eigenvalue weighted by molar-refractivity contribution is -0.112. The van der Waals surface area contributed by atoms with Crippen LogP contribution >= 0.6 is 34.8 Å². The fraction of sp³-hybridized carbons (Fsp3) is 0. The number of carbonyl (C=O) groups is 1. The third-order valence-corrected chi connectivity index (χ3v) is 4.77. The normalized spacial score (nSPS) is 11.1. The van der Waals surface area contributed by atoms with Crippen molar-refractivity contribution in [2.45, 2.75) is 0 Å². The van der Waals surface area contributed by atoms with Gasteiger partial charge in [-0.1, -0.05) is 53.0 Å². The Labute approximate surface area is 170 Å². The van der Waals surface area contributed by atoms with Gasteiger partial charge in [0.05, 0.1) is 20.8 Å². The number of nitriles is 1. The van der Waals surface area contributed by atoms with E-state index < -0.39 is 5.91 Å². The maximum Gasteiger partial charge on any atom is 0.266 e. The minimum Gasteiger partial charge on any atom is -0.457 e. The molecule has 0 unspecified atom stereocenters. The van der Waals surface area contributed by atoms with E-state index in [2.05, 4.69) is 5.32 Å². The number of rotatable bonds is 4. The van der Waals surface area contributed by atoms with E-state index in [9.17, 15) is 10.1 Å². The summed E-state index contributed by atoms with van der Waals surface area (Å²) in [5.41, 5.74) is 0.880. The molecule has 1 N–H and O–H groups in total. The maximum absolute atomic E-state index is 12.4. The van der Waals surface area contributed by atoms with Crippen LogP contribution < -0.4 is 5.32 Å². The molecule has 0 saturated heterocycles. The number of hydrogen-bond donors (Lipinski definition) is 1. The molecule has 134 valence electrons. The quantitative estimate of drug-likeness (QED) is 0.392. The molecule has 1 amide bonds. The first kappa shape index (κ1) is 19.1. The molecule has 27 heavy (non-hydrogen) atoms. The average molecular weight is 418 g/mol. The van der Waals surface area contributed by atoms with Crippen molar-refractivity contribution in [3.8, 4) is 17.4 Å². The highest BCUT2D eigenvalue weighted by atomic mass is 35.5. The molecule has 0 spiro atoms. The zero-order chi connectivity index (χ0) is 19.4. The van der Waals surface area contributed by atoms with Crippen molar-refractivity contribution >= 4 is 52.5 Å². The zero-order valence-corrected chi connectivity index (χ0v) is 15.9. The molecule has 0 radical (unpaired) electrons. The summed E-state index contributed by atoms with van der Waals surface area (Å²) in [7, 11) is 0. The number of amides is 1. The number of furan rings is 1. The van der Waals surface area contributed by atoms with Gasteiger partial charge in [-0.3, -0.25) is 4.79 Å². The van der Waals surface area contributed by atoms with Crippen LogP contribution in [0.25, 0.3) is 17.4 Å². The molecule has 0 atom stereocenters. The molecule has 0 fully saturated rings. The third kappa shape index (κ3) is 4.35. The number of carbonyl (C=O) groups excluding carboxylic acids is 1. The molecule has 7 heteroatoms. The van der Waals surface area contributed by atoms with Crippen molar-refractivity contribution < 1.29 is 9.21 Å². The van der Waals surface area contributed by atoms with Crippen LogP contribution in [0.5, 0.6) is 0 Å². The summed E-state index contributed by atoms with van der Waals surface area (Å²) in [6.07, 6.45) is 1.34. The van der Waals surface area contributed by atoms with Crippen LogP contribution in [0, 0.1) is 11.3 Å². The van der Waals surface area contributed by atoms with E-state index in [1.54, 1.807) is 36.4 Å². The lowest BCUT2D eigenvalue weighted by Crippen LogP contribution is -2.13. The van der Waals surface area contributed by atoms with E-state index in [4.69, 9.17) is 39.2 Å². The fourth-order valence-corrected chi connectivity index (χ4v) is 2.89. The second kappa shape index (κ2) is 8.32. The van der Waals surface area contributed by atoms with E-state index in [1.165, 1.54) is 6.08 Å². The van der Waals surface area contributed by atoms with Crippen molar-refractivity contribution in [1.82, 2.24) is 0 Å². The van der Waals surface area contributed by atoms with Gasteiger partial charge in [0.2, 0.25) is 0 Å². The molecule has 2 aromatic carbocycles. The highest BCUT2D eigenvalue weighted by Crippen LogP contribution is 2.31. The summed E-state index contributed by atoms with van der Waals surface area (Å²) in [6.45, 7) is 0. The smallest absolute Gasteiger partial charge is 0.266 e. The van der Waals surface area contributed by atoms with Crippen molar-refractivity contribution in [3.05, 3.63) is 81.0 Å². The van der Waals surface area contributed by atoms with Crippen LogP contribution in [0.2, 0.25) is 15.1 Å². The predicted octanol–water partition coefficient (Wildman–Crippen LogP) is 6.45. The molecule has 0 bridgehead atoms. The second-order valence-corrected chi connectivity index (χ2v) is 6.60. The van der Waals surface area contributed by atoms with Gasteiger partial charge in [0, 0.05) is 11.6 Å². The Hall–Kier alpha value is -2.71. The SMILES string of the molecule is N#C/C(=C\c1ccc(-c2ccccc2Cl)o1)C(=O)Nc1cccc(Cl)c1Cl. The fourth-order valence-electron chi connectivity index (χ4n) is 2.32. The Kier molecular flexibility index (Phi) is 5.88. The molecule has 3 aromatic rings. The standard InChI is InChI=1S/C20H11Cl3N2O2/c21-15-5-2-1-4-14(15)18-9-8-13(27-18)10-12(11-24)20(26)25-17-7-3-6-16(22)19(17)23/h1-10H,(H,25,26)/b12-10+. The van der Waals surface area contributed by atoms with Crippen LogP contribution in [0.1, 0.15) is 5.76 Å². The van der Waals surface area contributed by atoms with E-state index in [1.807, 2.05) is 24.3 Å². The number of nitrogens with one attached hydrogen (secondary N) is 1. The average Bonchev–Trinajstić information content (AvgIpc) is 3.12. The summed E-state index contributed by atoms with van der Waals surface area (Å²) in [4.78, 5) is 12.4. The summed E-state index contributed by atoms with van der Waals surface area (Å²) in [5.74, 6) is 0.244. The van der Waals surface area contributed by atoms with Crippen LogP contribution in [0.4, 0.5) is 5.69 Å². The molecular formula is C20H11Cl3N2O2. The van der Waals surface area contributed by atoms with Gasteiger partial charge in [-0.05, 0) is 36.4 Å². The number of hydrogen-bond acceptors (Lipinski definition) is 3. The maximum atomic E-state index is 12.4. The molecule has 4 nitrogen and oxygen atoms in total. The lowest BCUT2D eigenvalue weighted by atomic mass is 10.2. The van der Waals surface area contributed by atoms with Gasteiger partial charge in [-0.25, -0.2) is 0 Å². The summed E-state index contributed by atoms with van der Waals surface area (Å²) < 4.78 is 5.69. The van der Waals surface area contributed by atoms with Crippen LogP contribution in [-0.4, -0.2) is 5.91 Å². The summed E-state index contributed by atoms with van der Waals surface area (Å²) in [5, 5.41) is 12.9. The molecule has 0 aliphatic heterocycles. The van der Waals surface area contributed by atoms with E-state index in [0.717, 1.165) is 0 Å². The van der Waals surface area contributed by atoms with Crippen molar-refractivity contribution in [2.75, 3.05) is 5.32 Å². The van der Waals surface area contributed by atoms with Crippen molar-refractivity contribution in [3.63, 3.8) is 0 Å². The number of benzene rings is 2. The van der Waals surface area contributed by atoms with Gasteiger partial charge in [0.25, 0.3) is 5.91 Å². The molecule has 3 rings (SSSR count). The Bertz CT molecular complexity index is 1080. The molecule has 1 heterocycles. The minimum atomic E-state index is -0.627. The molecule has 1 aromatic heterocycles. The Balaban J connectivity index is 1.85. The molecule has 0 aliphatic rings. The van der Waals surface area contributed by atoms with Crippen LogP contribution in [-0.2, 0) is 4.79 Å². The van der Waals surface area contributed by atoms with Gasteiger partial charge in [-0.15, -0.1) is 0 Å². The predicted molar refractivity (Wildman–Crippen MR) is 108 cm³/mol. The third-order valence-electron chi connectivity index (χ3n) is 3.62. The van der Waals surface area contributed by atoms with E-state index in [0.29, 0.717) is 32.8 Å². The number of nitrogens with zero attached hydrogens (tertiary/aromatic N) is 1. The number of anilines is 1. The van der Waals surface area contributed by atoms with Crippen LogP contribution in [0.15, 0.2) is 64.6 Å². The van der Waals surface area contributed by atoms with Gasteiger partial charge in [0.1, 0.15) is 23.2 Å².